The lowest BCUT2D eigenvalue weighted by Crippen LogP contribution is -2.27. The zero-order valence-electron chi connectivity index (χ0n) is 11.1. The Morgan fingerprint density at radius 1 is 1.40 bits per heavy atom. The molecule has 0 amide bonds. The van der Waals surface area contributed by atoms with Gasteiger partial charge in [-0.1, -0.05) is 17.3 Å². The number of rotatable bonds is 4. The highest BCUT2D eigenvalue weighted by molar-refractivity contribution is 5.56. The Labute approximate surface area is 116 Å². The average Bonchev–Trinajstić information content (AvgIpc) is 2.98. The van der Waals surface area contributed by atoms with E-state index >= 15 is 0 Å². The summed E-state index contributed by atoms with van der Waals surface area (Å²) in [5.41, 5.74) is 6.31. The van der Waals surface area contributed by atoms with Crippen molar-refractivity contribution < 1.29 is 14.0 Å². The van der Waals surface area contributed by atoms with Crippen LogP contribution in [0.2, 0.25) is 0 Å². The van der Waals surface area contributed by atoms with Gasteiger partial charge in [0.25, 0.3) is 0 Å². The van der Waals surface area contributed by atoms with Crippen LogP contribution in [0.5, 0.6) is 5.75 Å². The highest BCUT2D eigenvalue weighted by Crippen LogP contribution is 2.23. The van der Waals surface area contributed by atoms with E-state index in [9.17, 15) is 0 Å². The normalized spacial score (nSPS) is 18.9. The Morgan fingerprint density at radius 3 is 3.10 bits per heavy atom. The molecular formula is C14H17N3O3. The van der Waals surface area contributed by atoms with Crippen LogP contribution in [-0.2, 0) is 11.3 Å². The number of nitrogens with zero attached hydrogens (tertiary/aromatic N) is 2. The molecule has 0 saturated carbocycles. The van der Waals surface area contributed by atoms with E-state index in [-0.39, 0.29) is 12.6 Å². The summed E-state index contributed by atoms with van der Waals surface area (Å²) in [7, 11) is 0. The molecule has 1 unspecified atom stereocenters. The van der Waals surface area contributed by atoms with Crippen LogP contribution in [0.1, 0.15) is 18.7 Å². The molecule has 0 aliphatic carbocycles. The smallest absolute Gasteiger partial charge is 0.240 e. The molecule has 0 bridgehead atoms. The number of benzene rings is 1. The molecule has 2 heterocycles. The molecule has 1 aromatic heterocycles. The summed E-state index contributed by atoms with van der Waals surface area (Å²) in [5, 5.41) is 3.90. The van der Waals surface area contributed by atoms with Crippen molar-refractivity contribution in [3.05, 3.63) is 30.2 Å². The maximum Gasteiger partial charge on any atom is 0.240 e. The first-order valence-electron chi connectivity index (χ1n) is 6.72. The first kappa shape index (κ1) is 13.1. The second-order valence-electron chi connectivity index (χ2n) is 4.70. The van der Waals surface area contributed by atoms with Crippen LogP contribution in [0.15, 0.2) is 28.8 Å². The molecule has 1 fully saturated rings. The first-order valence-corrected chi connectivity index (χ1v) is 6.72. The average molecular weight is 275 g/mol. The monoisotopic (exact) mass is 275 g/mol. The van der Waals surface area contributed by atoms with Crippen LogP contribution in [0.3, 0.4) is 0 Å². The third kappa shape index (κ3) is 2.97. The summed E-state index contributed by atoms with van der Waals surface area (Å²) in [6, 6.07) is 7.64. The van der Waals surface area contributed by atoms with Crippen molar-refractivity contribution in [2.75, 3.05) is 13.2 Å². The van der Waals surface area contributed by atoms with E-state index in [1.165, 1.54) is 0 Å². The molecule has 2 N–H and O–H groups in total. The van der Waals surface area contributed by atoms with Gasteiger partial charge in [-0.05, 0) is 25.0 Å². The summed E-state index contributed by atoms with van der Waals surface area (Å²) in [5.74, 6) is 1.74. The molecule has 1 atom stereocenters. The fourth-order valence-electron chi connectivity index (χ4n) is 2.16. The van der Waals surface area contributed by atoms with Crippen LogP contribution in [0, 0.1) is 0 Å². The van der Waals surface area contributed by atoms with Crippen molar-refractivity contribution >= 4 is 0 Å². The lowest BCUT2D eigenvalue weighted by Gasteiger charge is -2.23. The van der Waals surface area contributed by atoms with Gasteiger partial charge in [0.05, 0.1) is 13.2 Å². The van der Waals surface area contributed by atoms with Gasteiger partial charge in [0.2, 0.25) is 11.7 Å². The van der Waals surface area contributed by atoms with Crippen LogP contribution in [0.4, 0.5) is 0 Å². The summed E-state index contributed by atoms with van der Waals surface area (Å²) in [6.45, 7) is 1.71. The molecule has 106 valence electrons. The van der Waals surface area contributed by atoms with Crippen LogP contribution in [-0.4, -0.2) is 29.5 Å². The maximum absolute atomic E-state index is 5.91. The van der Waals surface area contributed by atoms with Crippen molar-refractivity contribution in [3.8, 4) is 17.1 Å². The summed E-state index contributed by atoms with van der Waals surface area (Å²) >= 11 is 0. The highest BCUT2D eigenvalue weighted by atomic mass is 16.5. The molecule has 1 aromatic carbocycles. The number of aromatic nitrogens is 2. The minimum atomic E-state index is 0.115. The molecule has 6 nitrogen and oxygen atoms in total. The van der Waals surface area contributed by atoms with E-state index < -0.39 is 0 Å². The minimum absolute atomic E-state index is 0.115. The molecule has 1 saturated heterocycles. The Morgan fingerprint density at radius 2 is 2.35 bits per heavy atom. The van der Waals surface area contributed by atoms with Gasteiger partial charge in [0.1, 0.15) is 11.9 Å². The molecule has 1 aliphatic heterocycles. The lowest BCUT2D eigenvalue weighted by atomic mass is 10.1. The second kappa shape index (κ2) is 6.02. The van der Waals surface area contributed by atoms with Gasteiger partial charge in [-0.25, -0.2) is 0 Å². The molecule has 0 spiro atoms. The number of ether oxygens (including phenoxy) is 2. The Balaban J connectivity index is 1.74. The Bertz CT molecular complexity index is 564. The van der Waals surface area contributed by atoms with E-state index in [0.717, 1.165) is 30.8 Å². The molecule has 20 heavy (non-hydrogen) atoms. The summed E-state index contributed by atoms with van der Waals surface area (Å²) in [6.07, 6.45) is 2.17. The number of hydrogen-bond donors (Lipinski definition) is 1. The van der Waals surface area contributed by atoms with Crippen LogP contribution >= 0.6 is 0 Å². The number of hydrogen-bond acceptors (Lipinski definition) is 6. The van der Waals surface area contributed by atoms with E-state index in [2.05, 4.69) is 10.1 Å². The summed E-state index contributed by atoms with van der Waals surface area (Å²) < 4.78 is 16.3. The number of nitrogens with two attached hydrogens (primary N) is 1. The summed E-state index contributed by atoms with van der Waals surface area (Å²) in [4.78, 5) is 4.20. The molecule has 6 heteroatoms. The fraction of sp³-hybridized carbons (Fsp3) is 0.429. The van der Waals surface area contributed by atoms with Gasteiger partial charge in [0, 0.05) is 12.2 Å². The standard InChI is InChI=1S/C14H17N3O3/c15-8-13-16-14(17-20-13)10-3-1-4-11(7-10)19-12-5-2-6-18-9-12/h1,3-4,7,12H,2,5-6,8-9,15H2. The van der Waals surface area contributed by atoms with Crippen molar-refractivity contribution in [3.63, 3.8) is 0 Å². The zero-order valence-corrected chi connectivity index (χ0v) is 11.1. The van der Waals surface area contributed by atoms with E-state index in [4.69, 9.17) is 19.7 Å². The quantitative estimate of drug-likeness (QED) is 0.915. The maximum atomic E-state index is 5.91. The van der Waals surface area contributed by atoms with E-state index in [1.54, 1.807) is 0 Å². The second-order valence-corrected chi connectivity index (χ2v) is 4.70. The van der Waals surface area contributed by atoms with Gasteiger partial charge >= 0.3 is 0 Å². The predicted octanol–water partition coefficient (Wildman–Crippen LogP) is 1.75. The van der Waals surface area contributed by atoms with E-state index in [0.29, 0.717) is 18.3 Å². The van der Waals surface area contributed by atoms with Gasteiger partial charge in [-0.2, -0.15) is 4.98 Å². The SMILES string of the molecule is NCc1nc(-c2cccc(OC3CCCOC3)c2)no1. The third-order valence-corrected chi connectivity index (χ3v) is 3.16. The predicted molar refractivity (Wildman–Crippen MR) is 72.1 cm³/mol. The van der Waals surface area contributed by atoms with Crippen LogP contribution in [0.25, 0.3) is 11.4 Å². The molecule has 1 aliphatic rings. The highest BCUT2D eigenvalue weighted by Gasteiger charge is 2.16. The fourth-order valence-corrected chi connectivity index (χ4v) is 2.16. The lowest BCUT2D eigenvalue weighted by molar-refractivity contribution is 0.00745. The molecular weight excluding hydrogens is 258 g/mol. The molecule has 2 aromatic rings. The van der Waals surface area contributed by atoms with Gasteiger partial charge in [-0.3, -0.25) is 0 Å². The zero-order chi connectivity index (χ0) is 13.8. The van der Waals surface area contributed by atoms with Gasteiger partial charge < -0.3 is 19.7 Å². The van der Waals surface area contributed by atoms with Crippen molar-refractivity contribution in [1.82, 2.24) is 10.1 Å². The molecule has 0 radical (unpaired) electrons. The van der Waals surface area contributed by atoms with Crippen molar-refractivity contribution in [1.29, 1.82) is 0 Å². The Kier molecular flexibility index (Phi) is 3.94. The topological polar surface area (TPSA) is 83.4 Å². The van der Waals surface area contributed by atoms with E-state index in [1.807, 2.05) is 24.3 Å². The third-order valence-electron chi connectivity index (χ3n) is 3.16. The minimum Gasteiger partial charge on any atom is -0.488 e. The van der Waals surface area contributed by atoms with Gasteiger partial charge in [0.15, 0.2) is 0 Å². The largest absolute Gasteiger partial charge is 0.488 e. The van der Waals surface area contributed by atoms with Crippen LogP contribution < -0.4 is 10.5 Å². The van der Waals surface area contributed by atoms with Crippen molar-refractivity contribution in [2.45, 2.75) is 25.5 Å². The first-order chi connectivity index (χ1) is 9.85. The Hall–Kier alpha value is -1.92. The van der Waals surface area contributed by atoms with Crippen molar-refractivity contribution in [2.24, 2.45) is 5.73 Å². The van der Waals surface area contributed by atoms with Gasteiger partial charge in [-0.15, -0.1) is 0 Å². The molecule has 3 rings (SSSR count).